The average Bonchev–Trinajstić information content (AvgIpc) is 3.67. The summed E-state index contributed by atoms with van der Waals surface area (Å²) in [6, 6.07) is 6.26. The number of ether oxygens (including phenoxy) is 6. The number of hydrogen-bond donors (Lipinski definition) is 2. The predicted molar refractivity (Wildman–Crippen MR) is 140 cm³/mol. The Labute approximate surface area is 247 Å². The largest absolute Gasteiger partial charge is 0.353 e. The molecular formula is C28H35N3O12. The van der Waals surface area contributed by atoms with Gasteiger partial charge in [-0.3, -0.25) is 28.9 Å². The number of hydrogen-bond acceptors (Lipinski definition) is 12. The van der Waals surface area contributed by atoms with E-state index < -0.39 is 84.4 Å². The predicted octanol–water partition coefficient (Wildman–Crippen LogP) is 0.524. The summed E-state index contributed by atoms with van der Waals surface area (Å²) < 4.78 is 35.0. The zero-order valence-corrected chi connectivity index (χ0v) is 24.6. The monoisotopic (exact) mass is 605 g/mol. The Morgan fingerprint density at radius 2 is 1.35 bits per heavy atom. The van der Waals surface area contributed by atoms with Gasteiger partial charge in [0.15, 0.2) is 48.6 Å². The van der Waals surface area contributed by atoms with Crippen molar-refractivity contribution >= 4 is 23.6 Å². The molecule has 0 aromatic heterocycles. The number of nitrogens with one attached hydrogen (secondary N) is 2. The summed E-state index contributed by atoms with van der Waals surface area (Å²) in [5.41, 5.74) is 2.65. The molecular weight excluding hydrogens is 570 g/mol. The topological polar surface area (TPSA) is 169 Å². The third kappa shape index (κ3) is 5.55. The van der Waals surface area contributed by atoms with Crippen LogP contribution in [0, 0.1) is 5.92 Å². The average molecular weight is 606 g/mol. The molecule has 8 atom stereocenters. The van der Waals surface area contributed by atoms with E-state index in [0.29, 0.717) is 11.6 Å². The van der Waals surface area contributed by atoms with Crippen LogP contribution in [0.3, 0.4) is 0 Å². The quantitative estimate of drug-likeness (QED) is 0.312. The molecule has 5 aliphatic heterocycles. The second-order valence-electron chi connectivity index (χ2n) is 12.3. The maximum absolute atomic E-state index is 13.5. The molecule has 2 N–H and O–H groups in total. The Morgan fingerprint density at radius 3 is 1.88 bits per heavy atom. The summed E-state index contributed by atoms with van der Waals surface area (Å²) in [4.78, 5) is 64.1. The van der Waals surface area contributed by atoms with Crippen molar-refractivity contribution in [3.63, 3.8) is 0 Å². The summed E-state index contributed by atoms with van der Waals surface area (Å²) in [5.74, 6) is -4.61. The van der Waals surface area contributed by atoms with E-state index in [2.05, 4.69) is 10.8 Å². The highest BCUT2D eigenvalue weighted by molar-refractivity contribution is 6.20. The maximum Gasteiger partial charge on any atom is 0.285 e. The number of imide groups is 1. The van der Waals surface area contributed by atoms with Gasteiger partial charge in [0.1, 0.15) is 12.2 Å². The van der Waals surface area contributed by atoms with Crippen LogP contribution in [0.2, 0.25) is 0 Å². The minimum Gasteiger partial charge on any atom is -0.353 e. The van der Waals surface area contributed by atoms with Gasteiger partial charge in [0, 0.05) is 6.54 Å². The number of nitrogens with zero attached hydrogens (tertiary/aromatic N) is 1. The Balaban J connectivity index is 1.18. The zero-order chi connectivity index (χ0) is 30.8. The molecule has 0 aliphatic carbocycles. The molecule has 0 bridgehead atoms. The molecule has 5 heterocycles. The zero-order valence-electron chi connectivity index (χ0n) is 24.6. The highest BCUT2D eigenvalue weighted by Crippen LogP contribution is 2.41. The van der Waals surface area contributed by atoms with Crippen molar-refractivity contribution in [1.82, 2.24) is 15.9 Å². The van der Waals surface area contributed by atoms with Crippen LogP contribution in [-0.2, 0) is 47.7 Å². The van der Waals surface area contributed by atoms with E-state index >= 15 is 0 Å². The summed E-state index contributed by atoms with van der Waals surface area (Å²) in [5, 5.41) is 3.38. The third-order valence-corrected chi connectivity index (χ3v) is 7.46. The van der Waals surface area contributed by atoms with Crippen LogP contribution in [0.15, 0.2) is 24.3 Å². The molecule has 1 aromatic rings. The first-order valence-electron chi connectivity index (χ1n) is 14.1. The van der Waals surface area contributed by atoms with E-state index in [-0.39, 0.29) is 17.0 Å². The van der Waals surface area contributed by atoms with Crippen molar-refractivity contribution in [2.45, 2.75) is 102 Å². The summed E-state index contributed by atoms with van der Waals surface area (Å²) in [7, 11) is 0. The Hall–Kier alpha value is -3.02. The maximum atomic E-state index is 13.5. The third-order valence-electron chi connectivity index (χ3n) is 7.46. The van der Waals surface area contributed by atoms with Gasteiger partial charge < -0.3 is 33.7 Å². The molecule has 1 aromatic carbocycles. The van der Waals surface area contributed by atoms with Crippen molar-refractivity contribution in [1.29, 1.82) is 0 Å². The van der Waals surface area contributed by atoms with Crippen LogP contribution in [0.5, 0.6) is 0 Å². The van der Waals surface area contributed by atoms with Gasteiger partial charge in [0.05, 0.1) is 11.1 Å². The Morgan fingerprint density at radius 1 is 0.837 bits per heavy atom. The number of hydroxylamine groups is 3. The van der Waals surface area contributed by atoms with Crippen molar-refractivity contribution in [2.75, 3.05) is 6.54 Å². The molecule has 43 heavy (non-hydrogen) atoms. The second-order valence-corrected chi connectivity index (χ2v) is 12.3. The van der Waals surface area contributed by atoms with Crippen LogP contribution in [0.1, 0.15) is 62.3 Å². The Kier molecular flexibility index (Phi) is 7.58. The molecule has 0 unspecified atom stereocenters. The molecule has 15 nitrogen and oxygen atoms in total. The van der Waals surface area contributed by atoms with Gasteiger partial charge in [0.2, 0.25) is 0 Å². The van der Waals surface area contributed by atoms with E-state index in [9.17, 15) is 19.2 Å². The van der Waals surface area contributed by atoms with Crippen LogP contribution >= 0.6 is 0 Å². The molecule has 4 amide bonds. The molecule has 5 aliphatic rings. The van der Waals surface area contributed by atoms with E-state index in [4.69, 9.17) is 38.1 Å². The first kappa shape index (κ1) is 30.0. The molecule has 4 saturated heterocycles. The first-order chi connectivity index (χ1) is 20.2. The molecule has 15 heteroatoms. The van der Waals surface area contributed by atoms with Crippen molar-refractivity contribution in [3.8, 4) is 0 Å². The fourth-order valence-electron chi connectivity index (χ4n) is 5.60. The summed E-state index contributed by atoms with van der Waals surface area (Å²) in [6.45, 7) is 11.0. The number of carbonyl (C=O) groups excluding carboxylic acids is 4. The van der Waals surface area contributed by atoms with Gasteiger partial charge in [-0.1, -0.05) is 26.0 Å². The molecule has 4 fully saturated rings. The molecule has 6 rings (SSSR count). The van der Waals surface area contributed by atoms with Crippen LogP contribution in [0.4, 0.5) is 0 Å². The first-order valence-corrected chi connectivity index (χ1v) is 14.1. The van der Waals surface area contributed by atoms with E-state index in [0.717, 1.165) is 0 Å². The van der Waals surface area contributed by atoms with Crippen molar-refractivity contribution in [2.24, 2.45) is 5.92 Å². The van der Waals surface area contributed by atoms with Crippen LogP contribution < -0.4 is 10.8 Å². The van der Waals surface area contributed by atoms with Gasteiger partial charge in [-0.05, 0) is 45.7 Å². The van der Waals surface area contributed by atoms with Crippen molar-refractivity contribution in [3.05, 3.63) is 35.4 Å². The second kappa shape index (κ2) is 10.9. The highest BCUT2D eigenvalue weighted by Gasteiger charge is 2.61. The van der Waals surface area contributed by atoms with Gasteiger partial charge in [-0.25, -0.2) is 5.48 Å². The van der Waals surface area contributed by atoms with Crippen LogP contribution in [-0.4, -0.2) is 96.0 Å². The van der Waals surface area contributed by atoms with E-state index in [1.807, 2.05) is 13.8 Å². The lowest BCUT2D eigenvalue weighted by Crippen LogP contribution is -2.52. The minimum atomic E-state index is -1.45. The number of fused-ring (bicyclic) bond motifs is 3. The minimum absolute atomic E-state index is 0.162. The highest BCUT2D eigenvalue weighted by atomic mass is 16.9. The number of benzene rings is 1. The van der Waals surface area contributed by atoms with Gasteiger partial charge >= 0.3 is 0 Å². The molecule has 0 radical (unpaired) electrons. The lowest BCUT2D eigenvalue weighted by atomic mass is 10.1. The number of rotatable bonds is 8. The smallest absolute Gasteiger partial charge is 0.285 e. The fourth-order valence-corrected chi connectivity index (χ4v) is 5.60. The van der Waals surface area contributed by atoms with E-state index in [1.54, 1.807) is 39.8 Å². The SMILES string of the molecule is CC(C)CNC(=O)[C@H]1O[C@@H]2OC(C)(C)O[C@@H]2[C@H]1ONC(=O)[C@H]1O[C@@H]2OC(C)(C)O[C@@H]2[C@H]1ON1C(=O)c2ccccc2C1=O. The normalized spacial score (nSPS) is 35.3. The van der Waals surface area contributed by atoms with Gasteiger partial charge in [-0.2, -0.15) is 0 Å². The lowest BCUT2D eigenvalue weighted by Gasteiger charge is -2.28. The van der Waals surface area contributed by atoms with Crippen molar-refractivity contribution < 1.29 is 57.3 Å². The van der Waals surface area contributed by atoms with Crippen LogP contribution in [0.25, 0.3) is 0 Å². The molecule has 234 valence electrons. The molecule has 0 saturated carbocycles. The summed E-state index contributed by atoms with van der Waals surface area (Å²) in [6.07, 6.45) is -8.77. The Bertz CT molecular complexity index is 1280. The lowest BCUT2D eigenvalue weighted by molar-refractivity contribution is -0.239. The fraction of sp³-hybridized carbons (Fsp3) is 0.643. The van der Waals surface area contributed by atoms with Gasteiger partial charge in [0.25, 0.3) is 23.6 Å². The standard InChI is InChI=1S/C28H35N3O12/c1-12(2)11-29-21(32)17-15(19-25(36-17)40-27(3,4)38-19)42-30-22(33)18-16(20-26(37-18)41-28(5,6)39-20)43-31-23(34)13-9-7-8-10-14(13)24(31)35/h7-10,12,15-20,25-26H,11H2,1-6H3,(H,29,32)(H,30,33)/t15-,16-,17-,18-,19+,20+,25+,26+/m0/s1. The number of carbonyl (C=O) groups is 4. The number of amides is 4. The molecule has 0 spiro atoms. The van der Waals surface area contributed by atoms with E-state index in [1.165, 1.54) is 12.1 Å². The summed E-state index contributed by atoms with van der Waals surface area (Å²) >= 11 is 0. The van der Waals surface area contributed by atoms with Gasteiger partial charge in [-0.15, -0.1) is 5.06 Å².